The Bertz CT molecular complexity index is 1070. The van der Waals surface area contributed by atoms with Gasteiger partial charge in [0.1, 0.15) is 5.75 Å². The monoisotopic (exact) mass is 447 g/mol. The van der Waals surface area contributed by atoms with E-state index >= 15 is 0 Å². The van der Waals surface area contributed by atoms with E-state index in [2.05, 4.69) is 18.9 Å². The Morgan fingerprint density at radius 3 is 2.48 bits per heavy atom. The molecule has 168 valence electrons. The van der Waals surface area contributed by atoms with Gasteiger partial charge in [-0.15, -0.1) is 0 Å². The van der Waals surface area contributed by atoms with Gasteiger partial charge in [-0.2, -0.15) is 0 Å². The fraction of sp³-hybridized carbons (Fsp3) is 0.545. The Morgan fingerprint density at radius 2 is 1.84 bits per heavy atom. The molecule has 9 heteroatoms. The fourth-order valence-electron chi connectivity index (χ4n) is 4.37. The van der Waals surface area contributed by atoms with Gasteiger partial charge in [-0.25, -0.2) is 4.99 Å². The van der Waals surface area contributed by atoms with Gasteiger partial charge in [0.25, 0.3) is 5.56 Å². The van der Waals surface area contributed by atoms with E-state index in [0.717, 1.165) is 23.4 Å². The van der Waals surface area contributed by atoms with Crippen molar-refractivity contribution in [1.29, 1.82) is 0 Å². The summed E-state index contributed by atoms with van der Waals surface area (Å²) in [6.07, 6.45) is 1.63. The third-order valence-corrected chi connectivity index (χ3v) is 6.96. The molecule has 0 spiro atoms. The second-order valence-corrected chi connectivity index (χ2v) is 9.68. The van der Waals surface area contributed by atoms with E-state index in [1.165, 1.54) is 11.8 Å². The van der Waals surface area contributed by atoms with Crippen LogP contribution in [0, 0.1) is 0 Å². The highest BCUT2D eigenvalue weighted by Crippen LogP contribution is 2.50. The number of nitrogens with one attached hydrogen (secondary N) is 1. The van der Waals surface area contributed by atoms with E-state index in [1.54, 1.807) is 27.4 Å². The van der Waals surface area contributed by atoms with Crippen molar-refractivity contribution in [3.05, 3.63) is 33.6 Å². The standard InChI is InChI=1S/C22H29N3O5S/c1-12-23-20-18(21(26)24-25(20)13-7-8-30-22(2,3)11-13)19(31-12)14-9-16(28-5)17(29-6)10-15(14)27-4/h9-10,13,19H,7-8,11H2,1-6H3,(H,24,26). The van der Waals surface area contributed by atoms with Crippen LogP contribution < -0.4 is 19.8 Å². The van der Waals surface area contributed by atoms with Crippen molar-refractivity contribution >= 4 is 22.6 Å². The molecule has 8 nitrogen and oxygen atoms in total. The lowest BCUT2D eigenvalue weighted by atomic mass is 9.94. The molecule has 2 aliphatic rings. The molecule has 0 aliphatic carbocycles. The Labute approximate surface area is 185 Å². The molecule has 31 heavy (non-hydrogen) atoms. The molecule has 1 aromatic heterocycles. The van der Waals surface area contributed by atoms with Crippen LogP contribution in [0.3, 0.4) is 0 Å². The van der Waals surface area contributed by atoms with Gasteiger partial charge in [-0.05, 0) is 39.7 Å². The molecule has 0 radical (unpaired) electrons. The normalized spacial score (nSPS) is 22.5. The van der Waals surface area contributed by atoms with Crippen LogP contribution in [-0.2, 0) is 4.74 Å². The molecule has 0 amide bonds. The van der Waals surface area contributed by atoms with Crippen LogP contribution in [0.25, 0.3) is 0 Å². The summed E-state index contributed by atoms with van der Waals surface area (Å²) >= 11 is 1.53. The highest BCUT2D eigenvalue weighted by Gasteiger charge is 2.37. The van der Waals surface area contributed by atoms with Gasteiger partial charge in [0.05, 0.1) is 48.8 Å². The minimum atomic E-state index is -0.278. The predicted octanol–water partition coefficient (Wildman–Crippen LogP) is 4.22. The number of fused-ring (bicyclic) bond motifs is 1. The van der Waals surface area contributed by atoms with Crippen molar-refractivity contribution in [3.8, 4) is 17.2 Å². The number of aromatic amines is 1. The topological polar surface area (TPSA) is 87.1 Å². The summed E-state index contributed by atoms with van der Waals surface area (Å²) in [6.45, 7) is 6.77. The zero-order valence-electron chi connectivity index (χ0n) is 18.8. The molecular formula is C22H29N3O5S. The Hall–Kier alpha value is -2.39. The van der Waals surface area contributed by atoms with E-state index in [4.69, 9.17) is 23.9 Å². The van der Waals surface area contributed by atoms with Crippen LogP contribution in [-0.4, -0.2) is 48.4 Å². The molecule has 0 bridgehead atoms. The average molecular weight is 448 g/mol. The minimum Gasteiger partial charge on any atom is -0.496 e. The van der Waals surface area contributed by atoms with Gasteiger partial charge in [0, 0.05) is 18.2 Å². The average Bonchev–Trinajstić information content (AvgIpc) is 3.07. The van der Waals surface area contributed by atoms with Crippen LogP contribution >= 0.6 is 11.8 Å². The molecule has 1 N–H and O–H groups in total. The molecule has 4 rings (SSSR count). The summed E-state index contributed by atoms with van der Waals surface area (Å²) in [4.78, 5) is 17.9. The number of thioether (sulfide) groups is 1. The maximum absolute atomic E-state index is 13.2. The van der Waals surface area contributed by atoms with Crippen LogP contribution in [0.2, 0.25) is 0 Å². The first-order valence-electron chi connectivity index (χ1n) is 10.3. The summed E-state index contributed by atoms with van der Waals surface area (Å²) in [7, 11) is 4.79. The van der Waals surface area contributed by atoms with Crippen molar-refractivity contribution in [3.63, 3.8) is 0 Å². The maximum atomic E-state index is 13.2. The number of nitrogens with zero attached hydrogens (tertiary/aromatic N) is 2. The van der Waals surface area contributed by atoms with Crippen LogP contribution in [0.5, 0.6) is 17.2 Å². The van der Waals surface area contributed by atoms with Gasteiger partial charge in [-0.1, -0.05) is 11.8 Å². The third kappa shape index (κ3) is 3.96. The van der Waals surface area contributed by atoms with Gasteiger partial charge in [-0.3, -0.25) is 14.6 Å². The van der Waals surface area contributed by atoms with E-state index in [9.17, 15) is 4.79 Å². The van der Waals surface area contributed by atoms with E-state index in [-0.39, 0.29) is 22.5 Å². The Kier molecular flexibility index (Phi) is 5.83. The number of aliphatic imine (C=N–C) groups is 1. The van der Waals surface area contributed by atoms with E-state index in [0.29, 0.717) is 35.2 Å². The third-order valence-electron chi connectivity index (χ3n) is 5.80. The van der Waals surface area contributed by atoms with E-state index < -0.39 is 0 Å². The molecule has 2 atom stereocenters. The molecule has 1 aromatic carbocycles. The molecule has 3 heterocycles. The smallest absolute Gasteiger partial charge is 0.271 e. The first-order chi connectivity index (χ1) is 14.8. The quantitative estimate of drug-likeness (QED) is 0.739. The second-order valence-electron chi connectivity index (χ2n) is 8.38. The molecule has 1 fully saturated rings. The summed E-state index contributed by atoms with van der Waals surface area (Å²) in [5, 5.41) is 3.67. The summed E-state index contributed by atoms with van der Waals surface area (Å²) in [5.74, 6) is 2.48. The number of H-pyrrole nitrogens is 1. The lowest BCUT2D eigenvalue weighted by Crippen LogP contribution is -2.35. The molecule has 2 aliphatic heterocycles. The lowest BCUT2D eigenvalue weighted by Gasteiger charge is -2.36. The number of ether oxygens (including phenoxy) is 4. The van der Waals surface area contributed by atoms with Crippen LogP contribution in [0.4, 0.5) is 5.82 Å². The summed E-state index contributed by atoms with van der Waals surface area (Å²) in [5.41, 5.74) is 1.09. The van der Waals surface area contributed by atoms with E-state index in [1.807, 2.05) is 17.7 Å². The maximum Gasteiger partial charge on any atom is 0.271 e. The fourth-order valence-corrected chi connectivity index (χ4v) is 5.49. The van der Waals surface area contributed by atoms with Crippen molar-refractivity contribution in [2.75, 3.05) is 27.9 Å². The van der Waals surface area contributed by atoms with Crippen LogP contribution in [0.15, 0.2) is 21.9 Å². The molecule has 1 saturated heterocycles. The van der Waals surface area contributed by atoms with Gasteiger partial charge in [0.15, 0.2) is 17.3 Å². The molecular weight excluding hydrogens is 418 g/mol. The first kappa shape index (κ1) is 21.8. The second kappa shape index (κ2) is 8.27. The molecule has 2 aromatic rings. The number of benzene rings is 1. The summed E-state index contributed by atoms with van der Waals surface area (Å²) < 4.78 is 24.4. The molecule has 0 saturated carbocycles. The number of hydrogen-bond acceptors (Lipinski definition) is 7. The van der Waals surface area contributed by atoms with Crippen molar-refractivity contribution in [1.82, 2.24) is 9.78 Å². The Balaban J connectivity index is 1.84. The van der Waals surface area contributed by atoms with Crippen molar-refractivity contribution < 1.29 is 18.9 Å². The van der Waals surface area contributed by atoms with Crippen LogP contribution in [0.1, 0.15) is 56.0 Å². The highest BCUT2D eigenvalue weighted by molar-refractivity contribution is 8.14. The largest absolute Gasteiger partial charge is 0.496 e. The summed E-state index contributed by atoms with van der Waals surface area (Å²) in [6, 6.07) is 3.79. The van der Waals surface area contributed by atoms with Crippen molar-refractivity contribution in [2.24, 2.45) is 4.99 Å². The number of aromatic nitrogens is 2. The lowest BCUT2D eigenvalue weighted by molar-refractivity contribution is -0.0705. The SMILES string of the molecule is COc1cc(OC)c(C2SC(C)=Nc3c2c(=O)[nH]n3C2CCOC(C)(C)C2)cc1OC. The first-order valence-corrected chi connectivity index (χ1v) is 11.2. The predicted molar refractivity (Wildman–Crippen MR) is 122 cm³/mol. The number of hydrogen-bond donors (Lipinski definition) is 1. The van der Waals surface area contributed by atoms with Crippen molar-refractivity contribution in [2.45, 2.75) is 50.5 Å². The number of rotatable bonds is 5. The molecule has 2 unspecified atom stereocenters. The van der Waals surface area contributed by atoms with Gasteiger partial charge in [0.2, 0.25) is 0 Å². The Morgan fingerprint density at radius 1 is 1.16 bits per heavy atom. The number of methoxy groups -OCH3 is 3. The zero-order valence-corrected chi connectivity index (χ0v) is 19.6. The highest BCUT2D eigenvalue weighted by atomic mass is 32.2. The zero-order chi connectivity index (χ0) is 22.3. The van der Waals surface area contributed by atoms with Gasteiger partial charge >= 0.3 is 0 Å². The van der Waals surface area contributed by atoms with Gasteiger partial charge < -0.3 is 18.9 Å². The minimum absolute atomic E-state index is 0.118.